The molecule has 0 aromatic carbocycles. The van der Waals surface area contributed by atoms with Gasteiger partial charge in [0.1, 0.15) is 5.78 Å². The topological polar surface area (TPSA) is 58.6 Å². The van der Waals surface area contributed by atoms with E-state index in [4.69, 9.17) is 4.52 Å². The van der Waals surface area contributed by atoms with Crippen molar-refractivity contribution in [3.8, 4) is 0 Å². The molecule has 3 atom stereocenters. The molecule has 0 aromatic heterocycles. The van der Waals surface area contributed by atoms with E-state index < -0.39 is 13.4 Å². The Morgan fingerprint density at radius 1 is 1.22 bits per heavy atom. The van der Waals surface area contributed by atoms with E-state index in [9.17, 15) is 9.46 Å². The highest BCUT2D eigenvalue weighted by molar-refractivity contribution is 7.53. The molecular weight excluding hydrogens is 249 g/mol. The van der Waals surface area contributed by atoms with Gasteiger partial charge in [0.2, 0.25) is 0 Å². The van der Waals surface area contributed by atoms with Crippen LogP contribution >= 0.6 is 7.60 Å². The lowest BCUT2D eigenvalue weighted by atomic mass is 9.94. The summed E-state index contributed by atoms with van der Waals surface area (Å²) in [5.74, 6) is -0.584. The Balaban J connectivity index is 5.14. The van der Waals surface area contributed by atoms with Gasteiger partial charge in [0.05, 0.1) is 6.10 Å². The molecule has 0 saturated carbocycles. The molecule has 0 saturated heterocycles. The molecule has 4 nitrogen and oxygen atoms in total. The van der Waals surface area contributed by atoms with E-state index in [0.717, 1.165) is 6.42 Å². The average Bonchev–Trinajstić information content (AvgIpc) is 2.10. The molecule has 0 fully saturated rings. The van der Waals surface area contributed by atoms with E-state index in [-0.39, 0.29) is 17.1 Å². The highest BCUT2D eigenvalue weighted by Gasteiger charge is 2.43. The first-order valence-corrected chi connectivity index (χ1v) is 8.23. The third-order valence-electron chi connectivity index (χ3n) is 2.62. The van der Waals surface area contributed by atoms with E-state index in [1.54, 1.807) is 0 Å². The van der Waals surface area contributed by atoms with Gasteiger partial charge in [-0.05, 0) is 39.5 Å². The maximum Gasteiger partial charge on any atom is 0.345 e. The summed E-state index contributed by atoms with van der Waals surface area (Å²) >= 11 is 0. The first-order valence-electron chi connectivity index (χ1n) is 6.58. The minimum atomic E-state index is -3.70. The van der Waals surface area contributed by atoms with Gasteiger partial charge in [0.25, 0.3) is 0 Å². The largest absolute Gasteiger partial charge is 0.345 e. The van der Waals surface area contributed by atoms with Crippen molar-refractivity contribution in [1.82, 2.24) is 5.32 Å². The highest BCUT2D eigenvalue weighted by atomic mass is 31.2. The normalized spacial score (nSPS) is 20.3. The van der Waals surface area contributed by atoms with E-state index in [1.807, 2.05) is 55.4 Å². The van der Waals surface area contributed by atoms with Gasteiger partial charge in [-0.2, -0.15) is 0 Å². The molecular formula is C13H30NO3P. The molecule has 0 aliphatic carbocycles. The number of rotatable bonds is 5. The van der Waals surface area contributed by atoms with Crippen molar-refractivity contribution in [3.05, 3.63) is 0 Å². The van der Waals surface area contributed by atoms with Crippen LogP contribution in [0.25, 0.3) is 0 Å². The molecule has 0 aliphatic rings. The van der Waals surface area contributed by atoms with Crippen LogP contribution in [0.4, 0.5) is 0 Å². The van der Waals surface area contributed by atoms with Crippen molar-refractivity contribution in [2.24, 2.45) is 5.41 Å². The van der Waals surface area contributed by atoms with Crippen molar-refractivity contribution >= 4 is 7.60 Å². The van der Waals surface area contributed by atoms with E-state index in [1.165, 1.54) is 0 Å². The van der Waals surface area contributed by atoms with Crippen molar-refractivity contribution < 1.29 is 14.0 Å². The zero-order valence-corrected chi connectivity index (χ0v) is 14.0. The lowest BCUT2D eigenvalue weighted by molar-refractivity contribution is 0.152. The summed E-state index contributed by atoms with van der Waals surface area (Å²) < 4.78 is 17.8. The van der Waals surface area contributed by atoms with Gasteiger partial charge in [-0.1, -0.05) is 27.7 Å². The standard InChI is InChI=1S/C13H30NO3P/c1-9-10(2)17-18(15,16)11(12(3,4)5)14-13(6,7)8/h10-11,14H,9H2,1-8H3,(H,15,16). The van der Waals surface area contributed by atoms with Gasteiger partial charge < -0.3 is 9.42 Å². The Hall–Kier alpha value is 0.110. The molecule has 110 valence electrons. The quantitative estimate of drug-likeness (QED) is 0.752. The molecule has 0 amide bonds. The average molecular weight is 279 g/mol. The predicted molar refractivity (Wildman–Crippen MR) is 76.8 cm³/mol. The van der Waals surface area contributed by atoms with Crippen LogP contribution in [0, 0.1) is 5.41 Å². The second kappa shape index (κ2) is 6.04. The zero-order chi connectivity index (χ0) is 14.8. The third kappa shape index (κ3) is 6.33. The molecule has 0 radical (unpaired) electrons. The number of hydrogen-bond donors (Lipinski definition) is 2. The molecule has 5 heteroatoms. The van der Waals surface area contributed by atoms with Crippen LogP contribution in [0.3, 0.4) is 0 Å². The molecule has 3 unspecified atom stereocenters. The first-order chi connectivity index (χ1) is 7.79. The maximum atomic E-state index is 12.5. The Labute approximate surface area is 112 Å². The van der Waals surface area contributed by atoms with Crippen molar-refractivity contribution in [1.29, 1.82) is 0 Å². The fourth-order valence-corrected chi connectivity index (χ4v) is 3.91. The maximum absolute atomic E-state index is 12.5. The fourth-order valence-electron chi connectivity index (χ4n) is 1.59. The minimum Gasteiger partial charge on any atom is -0.323 e. The number of nitrogens with one attached hydrogen (secondary N) is 1. The Morgan fingerprint density at radius 2 is 1.67 bits per heavy atom. The van der Waals surface area contributed by atoms with Gasteiger partial charge in [-0.25, -0.2) is 0 Å². The van der Waals surface area contributed by atoms with Gasteiger partial charge in [-0.15, -0.1) is 0 Å². The molecule has 0 bridgehead atoms. The third-order valence-corrected chi connectivity index (χ3v) is 4.84. The monoisotopic (exact) mass is 279 g/mol. The lowest BCUT2D eigenvalue weighted by Crippen LogP contribution is -2.50. The van der Waals surface area contributed by atoms with Gasteiger partial charge in [-0.3, -0.25) is 9.88 Å². The summed E-state index contributed by atoms with van der Waals surface area (Å²) in [5, 5.41) is 3.23. The number of hydrogen-bond acceptors (Lipinski definition) is 3. The van der Waals surface area contributed by atoms with Crippen LogP contribution in [0.15, 0.2) is 0 Å². The van der Waals surface area contributed by atoms with Crippen LogP contribution in [-0.2, 0) is 9.09 Å². The molecule has 0 aliphatic heterocycles. The summed E-state index contributed by atoms with van der Waals surface area (Å²) in [6, 6.07) is 0. The second-order valence-electron chi connectivity index (χ2n) is 7.05. The Morgan fingerprint density at radius 3 is 1.94 bits per heavy atom. The Kier molecular flexibility index (Phi) is 6.08. The van der Waals surface area contributed by atoms with Crippen LogP contribution in [0.5, 0.6) is 0 Å². The van der Waals surface area contributed by atoms with Crippen molar-refractivity contribution in [2.75, 3.05) is 0 Å². The predicted octanol–water partition coefficient (Wildman–Crippen LogP) is 3.75. The minimum absolute atomic E-state index is 0.215. The van der Waals surface area contributed by atoms with Gasteiger partial charge >= 0.3 is 7.60 Å². The van der Waals surface area contributed by atoms with E-state index in [2.05, 4.69) is 5.32 Å². The fraction of sp³-hybridized carbons (Fsp3) is 1.00. The van der Waals surface area contributed by atoms with E-state index in [0.29, 0.717) is 0 Å². The Bertz CT molecular complexity index is 304. The summed E-state index contributed by atoms with van der Waals surface area (Å²) in [7, 11) is -3.70. The van der Waals surface area contributed by atoms with Crippen LogP contribution in [0.1, 0.15) is 61.8 Å². The zero-order valence-electron chi connectivity index (χ0n) is 13.1. The van der Waals surface area contributed by atoms with Crippen molar-refractivity contribution in [3.63, 3.8) is 0 Å². The lowest BCUT2D eigenvalue weighted by Gasteiger charge is -2.39. The van der Waals surface area contributed by atoms with Gasteiger partial charge in [0, 0.05) is 5.54 Å². The molecule has 0 aromatic rings. The first kappa shape index (κ1) is 18.1. The molecule has 0 rings (SSSR count). The van der Waals surface area contributed by atoms with E-state index >= 15 is 0 Å². The second-order valence-corrected chi connectivity index (χ2v) is 8.91. The van der Waals surface area contributed by atoms with Gasteiger partial charge in [0.15, 0.2) is 0 Å². The van der Waals surface area contributed by atoms with Crippen molar-refractivity contribution in [2.45, 2.75) is 79.2 Å². The summed E-state index contributed by atoms with van der Waals surface area (Å²) in [6.07, 6.45) is 0.504. The van der Waals surface area contributed by atoms with Crippen LogP contribution in [-0.4, -0.2) is 22.3 Å². The summed E-state index contributed by atoms with van der Waals surface area (Å²) in [6.45, 7) is 15.5. The molecule has 0 spiro atoms. The van der Waals surface area contributed by atoms with Crippen LogP contribution in [0.2, 0.25) is 0 Å². The smallest absolute Gasteiger partial charge is 0.323 e. The summed E-state index contributed by atoms with van der Waals surface area (Å²) in [5.41, 5.74) is -0.597. The molecule has 0 heterocycles. The molecule has 18 heavy (non-hydrogen) atoms. The molecule has 2 N–H and O–H groups in total. The van der Waals surface area contributed by atoms with Crippen LogP contribution < -0.4 is 5.32 Å². The summed E-state index contributed by atoms with van der Waals surface area (Å²) in [4.78, 5) is 10.2. The highest BCUT2D eigenvalue weighted by Crippen LogP contribution is 2.54. The SMILES string of the molecule is CCC(C)OP(=O)(O)C(NC(C)(C)C)C(C)(C)C.